The molecule has 0 bridgehead atoms. The molecule has 0 atom stereocenters. The van der Waals surface area contributed by atoms with Crippen LogP contribution in [0.5, 0.6) is 0 Å². The van der Waals surface area contributed by atoms with E-state index in [2.05, 4.69) is 51.4 Å². The number of amidine groups is 1. The van der Waals surface area contributed by atoms with Crippen LogP contribution < -0.4 is 5.32 Å². The van der Waals surface area contributed by atoms with Crippen molar-refractivity contribution in [1.29, 1.82) is 0 Å². The van der Waals surface area contributed by atoms with Crippen LogP contribution in [0.25, 0.3) is 0 Å². The maximum Gasteiger partial charge on any atom is 0.154 e. The van der Waals surface area contributed by atoms with E-state index in [0.717, 1.165) is 48.1 Å². The highest BCUT2D eigenvalue weighted by atomic mass is 15.1. The molecule has 2 aliphatic heterocycles. The van der Waals surface area contributed by atoms with Gasteiger partial charge in [0.15, 0.2) is 5.82 Å². The molecule has 124 valence electrons. The Morgan fingerprint density at radius 2 is 2.08 bits per heavy atom. The Hall–Kier alpha value is -2.27. The number of hydrogen-bond donors (Lipinski definition) is 1. The summed E-state index contributed by atoms with van der Waals surface area (Å²) in [6.07, 6.45) is 6.20. The predicted octanol–water partition coefficient (Wildman–Crippen LogP) is 3.33. The molecular weight excluding hydrogens is 298 g/mol. The summed E-state index contributed by atoms with van der Waals surface area (Å²) in [5, 5.41) is 3.36. The topological polar surface area (TPSA) is 53.4 Å². The molecule has 5 heteroatoms. The quantitative estimate of drug-likeness (QED) is 0.938. The summed E-state index contributed by atoms with van der Waals surface area (Å²) in [4.78, 5) is 16.3. The standard InChI is InChI=1S/C19H23N5/c1-2-15-5-6-16-17(21-15)12-19(22-16)23-18-11-14(7-8-20-18)13-24-9-3-4-10-24/h5-8,11H,2-4,9-10,12-13H2,1H3,(H,20,22,23). The third-order valence-corrected chi connectivity index (χ3v) is 4.67. The molecule has 2 aromatic heterocycles. The predicted molar refractivity (Wildman–Crippen MR) is 96.8 cm³/mol. The number of aryl methyl sites for hydroxylation is 1. The lowest BCUT2D eigenvalue weighted by Gasteiger charge is -2.14. The Morgan fingerprint density at radius 1 is 1.21 bits per heavy atom. The van der Waals surface area contributed by atoms with E-state index in [9.17, 15) is 0 Å². The van der Waals surface area contributed by atoms with E-state index in [1.54, 1.807) is 0 Å². The molecule has 4 heterocycles. The molecule has 1 N–H and O–H groups in total. The Labute approximate surface area is 142 Å². The first kappa shape index (κ1) is 15.3. The molecule has 2 aromatic rings. The number of aromatic nitrogens is 2. The van der Waals surface area contributed by atoms with Crippen molar-refractivity contribution < 1.29 is 0 Å². The van der Waals surface area contributed by atoms with E-state index < -0.39 is 0 Å². The van der Waals surface area contributed by atoms with Gasteiger partial charge in [0.25, 0.3) is 0 Å². The van der Waals surface area contributed by atoms with Gasteiger partial charge in [0.2, 0.25) is 0 Å². The maximum atomic E-state index is 4.70. The van der Waals surface area contributed by atoms with Gasteiger partial charge >= 0.3 is 0 Å². The summed E-state index contributed by atoms with van der Waals surface area (Å²) < 4.78 is 0. The number of pyridine rings is 2. The van der Waals surface area contributed by atoms with Gasteiger partial charge in [0.1, 0.15) is 5.84 Å². The van der Waals surface area contributed by atoms with Gasteiger partial charge in [-0.2, -0.15) is 0 Å². The minimum Gasteiger partial charge on any atom is -0.342 e. The van der Waals surface area contributed by atoms with E-state index >= 15 is 0 Å². The molecule has 0 aromatic carbocycles. The van der Waals surface area contributed by atoms with Gasteiger partial charge in [-0.25, -0.2) is 9.98 Å². The second-order valence-corrected chi connectivity index (χ2v) is 6.52. The third kappa shape index (κ3) is 3.31. The van der Waals surface area contributed by atoms with Gasteiger partial charge in [0, 0.05) is 18.4 Å². The number of hydrogen-bond acceptors (Lipinski definition) is 4. The number of nitrogens with one attached hydrogen (secondary N) is 1. The highest BCUT2D eigenvalue weighted by Gasteiger charge is 2.18. The van der Waals surface area contributed by atoms with E-state index in [1.165, 1.54) is 31.5 Å². The number of anilines is 1. The Bertz CT molecular complexity index is 762. The first-order valence-electron chi connectivity index (χ1n) is 8.81. The summed E-state index contributed by atoms with van der Waals surface area (Å²) in [5.74, 6) is 1.70. The molecule has 2 aliphatic rings. The van der Waals surface area contributed by atoms with Crippen molar-refractivity contribution in [3.05, 3.63) is 47.4 Å². The van der Waals surface area contributed by atoms with Crippen molar-refractivity contribution >= 4 is 17.3 Å². The lowest BCUT2D eigenvalue weighted by Crippen LogP contribution is -2.18. The minimum atomic E-state index is 0.751. The fourth-order valence-corrected chi connectivity index (χ4v) is 3.38. The van der Waals surface area contributed by atoms with Crippen LogP contribution in [-0.4, -0.2) is 33.8 Å². The monoisotopic (exact) mass is 321 g/mol. The molecule has 1 fully saturated rings. The number of likely N-dealkylation sites (tertiary alicyclic amines) is 1. The van der Waals surface area contributed by atoms with Crippen LogP contribution >= 0.6 is 0 Å². The van der Waals surface area contributed by atoms with Gasteiger partial charge in [-0.05, 0) is 62.2 Å². The van der Waals surface area contributed by atoms with Crippen molar-refractivity contribution in [2.45, 2.75) is 39.2 Å². The first-order chi connectivity index (χ1) is 11.8. The van der Waals surface area contributed by atoms with Crippen LogP contribution in [0.15, 0.2) is 35.5 Å². The average Bonchev–Trinajstić information content (AvgIpc) is 3.23. The van der Waals surface area contributed by atoms with E-state index in [4.69, 9.17) is 4.99 Å². The summed E-state index contributed by atoms with van der Waals surface area (Å²) in [5.41, 5.74) is 4.57. The number of rotatable bonds is 4. The number of aliphatic imine (C=N–C) groups is 1. The van der Waals surface area contributed by atoms with Crippen LogP contribution in [0.4, 0.5) is 11.5 Å². The van der Waals surface area contributed by atoms with Crippen molar-refractivity contribution in [2.75, 3.05) is 18.4 Å². The molecule has 0 radical (unpaired) electrons. The Balaban J connectivity index is 1.49. The van der Waals surface area contributed by atoms with Gasteiger partial charge in [0.05, 0.1) is 17.8 Å². The normalized spacial score (nSPS) is 18.8. The smallest absolute Gasteiger partial charge is 0.154 e. The van der Waals surface area contributed by atoms with Crippen LogP contribution in [0.1, 0.15) is 36.7 Å². The molecule has 0 aliphatic carbocycles. The molecule has 0 saturated carbocycles. The maximum absolute atomic E-state index is 4.70. The fourth-order valence-electron chi connectivity index (χ4n) is 3.38. The highest BCUT2D eigenvalue weighted by molar-refractivity contribution is 6.03. The van der Waals surface area contributed by atoms with Crippen molar-refractivity contribution in [1.82, 2.24) is 14.9 Å². The van der Waals surface area contributed by atoms with Gasteiger partial charge < -0.3 is 5.32 Å². The summed E-state index contributed by atoms with van der Waals surface area (Å²) in [7, 11) is 0. The zero-order valence-corrected chi connectivity index (χ0v) is 14.1. The van der Waals surface area contributed by atoms with Crippen molar-refractivity contribution in [3.63, 3.8) is 0 Å². The largest absolute Gasteiger partial charge is 0.342 e. The summed E-state index contributed by atoms with van der Waals surface area (Å²) in [6.45, 7) is 5.53. The summed E-state index contributed by atoms with van der Waals surface area (Å²) >= 11 is 0. The molecule has 0 unspecified atom stereocenters. The van der Waals surface area contributed by atoms with Crippen LogP contribution in [-0.2, 0) is 19.4 Å². The highest BCUT2D eigenvalue weighted by Crippen LogP contribution is 2.24. The van der Waals surface area contributed by atoms with Crippen LogP contribution in [0, 0.1) is 0 Å². The van der Waals surface area contributed by atoms with Crippen molar-refractivity contribution in [2.24, 2.45) is 4.99 Å². The van der Waals surface area contributed by atoms with E-state index in [1.807, 2.05) is 6.20 Å². The van der Waals surface area contributed by atoms with Gasteiger partial charge in [-0.15, -0.1) is 0 Å². The van der Waals surface area contributed by atoms with Crippen molar-refractivity contribution in [3.8, 4) is 0 Å². The molecule has 5 nitrogen and oxygen atoms in total. The molecule has 1 saturated heterocycles. The van der Waals surface area contributed by atoms with E-state index in [0.29, 0.717) is 0 Å². The van der Waals surface area contributed by atoms with Crippen LogP contribution in [0.3, 0.4) is 0 Å². The zero-order chi connectivity index (χ0) is 16.4. The average molecular weight is 321 g/mol. The molecule has 4 rings (SSSR count). The van der Waals surface area contributed by atoms with Gasteiger partial charge in [-0.1, -0.05) is 6.92 Å². The molecular formula is C19H23N5. The first-order valence-corrected chi connectivity index (χ1v) is 8.81. The molecule has 0 spiro atoms. The zero-order valence-electron chi connectivity index (χ0n) is 14.1. The second kappa shape index (κ2) is 6.69. The number of nitrogens with zero attached hydrogens (tertiary/aromatic N) is 4. The lowest BCUT2D eigenvalue weighted by molar-refractivity contribution is 0.331. The molecule has 24 heavy (non-hydrogen) atoms. The molecule has 0 amide bonds. The SMILES string of the molecule is CCc1ccc2c(n1)CC(=Nc1cc(CN3CCCC3)ccn1)N2. The van der Waals surface area contributed by atoms with Gasteiger partial charge in [-0.3, -0.25) is 9.88 Å². The van der Waals surface area contributed by atoms with Crippen LogP contribution in [0.2, 0.25) is 0 Å². The van der Waals surface area contributed by atoms with E-state index in [-0.39, 0.29) is 0 Å². The second-order valence-electron chi connectivity index (χ2n) is 6.52. The Morgan fingerprint density at radius 3 is 2.92 bits per heavy atom. The Kier molecular flexibility index (Phi) is 4.26. The minimum absolute atomic E-state index is 0.751. The number of fused-ring (bicyclic) bond motifs is 1. The lowest BCUT2D eigenvalue weighted by atomic mass is 10.2. The third-order valence-electron chi connectivity index (χ3n) is 4.67. The fraction of sp³-hybridized carbons (Fsp3) is 0.421. The summed E-state index contributed by atoms with van der Waals surface area (Å²) in [6, 6.07) is 8.36.